The topological polar surface area (TPSA) is 83.7 Å². The number of aromatic nitrogens is 2. The van der Waals surface area contributed by atoms with Crippen LogP contribution in [0.2, 0.25) is 0 Å². The van der Waals surface area contributed by atoms with Crippen molar-refractivity contribution in [3.63, 3.8) is 0 Å². The van der Waals surface area contributed by atoms with E-state index in [9.17, 15) is 4.79 Å². The Morgan fingerprint density at radius 1 is 1.14 bits per heavy atom. The summed E-state index contributed by atoms with van der Waals surface area (Å²) >= 11 is 0. The van der Waals surface area contributed by atoms with Crippen LogP contribution < -0.4 is 9.47 Å². The van der Waals surface area contributed by atoms with Crippen molar-refractivity contribution in [3.8, 4) is 23.0 Å². The van der Waals surface area contributed by atoms with Gasteiger partial charge in [0, 0.05) is 11.6 Å². The standard InChI is InChI=1S/C14H16N2O5/c1-4-20-13(17)8-12-15-16-14(21-12)9-5-10(18-2)7-11(6-9)19-3/h5-7H,4,8H2,1-3H3. The predicted molar refractivity (Wildman–Crippen MR) is 73.2 cm³/mol. The van der Waals surface area contributed by atoms with Crippen LogP contribution in [0.3, 0.4) is 0 Å². The summed E-state index contributed by atoms with van der Waals surface area (Å²) in [6.45, 7) is 2.05. The van der Waals surface area contributed by atoms with Crippen LogP contribution in [0.5, 0.6) is 11.5 Å². The molecule has 0 unspecified atom stereocenters. The van der Waals surface area contributed by atoms with Gasteiger partial charge in [0.25, 0.3) is 0 Å². The largest absolute Gasteiger partial charge is 0.497 e. The fraction of sp³-hybridized carbons (Fsp3) is 0.357. The molecule has 0 spiro atoms. The first kappa shape index (κ1) is 14.8. The van der Waals surface area contributed by atoms with Crippen molar-refractivity contribution in [1.82, 2.24) is 10.2 Å². The smallest absolute Gasteiger partial charge is 0.315 e. The number of hydrogen-bond donors (Lipinski definition) is 0. The van der Waals surface area contributed by atoms with E-state index < -0.39 is 5.97 Å². The summed E-state index contributed by atoms with van der Waals surface area (Å²) < 4.78 is 20.6. The Labute approximate surface area is 121 Å². The average molecular weight is 292 g/mol. The molecule has 0 saturated heterocycles. The third-order valence-electron chi connectivity index (χ3n) is 2.67. The Bertz CT molecular complexity index is 601. The number of carbonyl (C=O) groups is 1. The van der Waals surface area contributed by atoms with Crippen molar-refractivity contribution in [1.29, 1.82) is 0 Å². The molecule has 21 heavy (non-hydrogen) atoms. The highest BCUT2D eigenvalue weighted by molar-refractivity contribution is 5.71. The highest BCUT2D eigenvalue weighted by Crippen LogP contribution is 2.28. The molecule has 1 heterocycles. The zero-order chi connectivity index (χ0) is 15.2. The Kier molecular flexibility index (Phi) is 4.76. The van der Waals surface area contributed by atoms with Crippen LogP contribution >= 0.6 is 0 Å². The van der Waals surface area contributed by atoms with Crippen molar-refractivity contribution < 1.29 is 23.4 Å². The van der Waals surface area contributed by atoms with Crippen LogP contribution in [-0.4, -0.2) is 37.0 Å². The summed E-state index contributed by atoms with van der Waals surface area (Å²) in [5, 5.41) is 7.74. The number of benzene rings is 1. The predicted octanol–water partition coefficient (Wildman–Crippen LogP) is 1.86. The molecule has 0 saturated carbocycles. The van der Waals surface area contributed by atoms with Gasteiger partial charge in [-0.3, -0.25) is 4.79 Å². The number of hydrogen-bond acceptors (Lipinski definition) is 7. The molecule has 112 valence electrons. The molecule has 0 aliphatic carbocycles. The van der Waals surface area contributed by atoms with Crippen LogP contribution in [0.15, 0.2) is 22.6 Å². The van der Waals surface area contributed by atoms with E-state index in [2.05, 4.69) is 10.2 Å². The van der Waals surface area contributed by atoms with Gasteiger partial charge in [-0.2, -0.15) is 0 Å². The third-order valence-corrected chi connectivity index (χ3v) is 2.67. The van der Waals surface area contributed by atoms with Crippen molar-refractivity contribution in [2.45, 2.75) is 13.3 Å². The second kappa shape index (κ2) is 6.74. The highest BCUT2D eigenvalue weighted by atomic mass is 16.5. The minimum absolute atomic E-state index is 0.0536. The van der Waals surface area contributed by atoms with E-state index in [0.717, 1.165) is 0 Å². The quantitative estimate of drug-likeness (QED) is 0.751. The van der Waals surface area contributed by atoms with E-state index in [4.69, 9.17) is 18.6 Å². The highest BCUT2D eigenvalue weighted by Gasteiger charge is 2.14. The third kappa shape index (κ3) is 3.71. The molecule has 0 radical (unpaired) electrons. The fourth-order valence-electron chi connectivity index (χ4n) is 1.71. The van der Waals surface area contributed by atoms with Gasteiger partial charge in [0.05, 0.1) is 20.8 Å². The van der Waals surface area contributed by atoms with Crippen LogP contribution in [-0.2, 0) is 16.0 Å². The van der Waals surface area contributed by atoms with E-state index in [1.165, 1.54) is 0 Å². The molecule has 0 N–H and O–H groups in total. The normalized spacial score (nSPS) is 10.2. The maximum absolute atomic E-state index is 11.4. The SMILES string of the molecule is CCOC(=O)Cc1nnc(-c2cc(OC)cc(OC)c2)o1. The first-order chi connectivity index (χ1) is 10.2. The molecule has 7 nitrogen and oxygen atoms in total. The summed E-state index contributed by atoms with van der Waals surface area (Å²) in [6.07, 6.45) is -0.0536. The first-order valence-electron chi connectivity index (χ1n) is 6.37. The Hall–Kier alpha value is -2.57. The average Bonchev–Trinajstić information content (AvgIpc) is 2.95. The number of ether oxygens (including phenoxy) is 3. The zero-order valence-corrected chi connectivity index (χ0v) is 12.1. The van der Waals surface area contributed by atoms with E-state index >= 15 is 0 Å². The molecule has 1 aromatic heterocycles. The van der Waals surface area contributed by atoms with Gasteiger partial charge in [-0.1, -0.05) is 0 Å². The summed E-state index contributed by atoms with van der Waals surface area (Å²) in [5.74, 6) is 1.29. The fourth-order valence-corrected chi connectivity index (χ4v) is 1.71. The molecule has 0 atom stereocenters. The Balaban J connectivity index is 2.22. The molecule has 7 heteroatoms. The van der Waals surface area contributed by atoms with Crippen LogP contribution in [0.4, 0.5) is 0 Å². The monoisotopic (exact) mass is 292 g/mol. The lowest BCUT2D eigenvalue weighted by molar-refractivity contribution is -0.142. The first-order valence-corrected chi connectivity index (χ1v) is 6.37. The molecule has 0 aliphatic heterocycles. The molecule has 0 bridgehead atoms. The summed E-state index contributed by atoms with van der Waals surface area (Å²) in [5.41, 5.74) is 0.647. The van der Waals surface area contributed by atoms with Gasteiger partial charge in [-0.15, -0.1) is 10.2 Å². The number of rotatable bonds is 6. The number of carbonyl (C=O) groups excluding carboxylic acids is 1. The maximum Gasteiger partial charge on any atom is 0.315 e. The van der Waals surface area contributed by atoms with Crippen molar-refractivity contribution >= 4 is 5.97 Å². The minimum Gasteiger partial charge on any atom is -0.497 e. The molecule has 0 aliphatic rings. The van der Waals surface area contributed by atoms with E-state index in [1.807, 2.05) is 0 Å². The maximum atomic E-state index is 11.4. The van der Waals surface area contributed by atoms with Gasteiger partial charge in [0.15, 0.2) is 0 Å². The van der Waals surface area contributed by atoms with Gasteiger partial charge in [-0.25, -0.2) is 0 Å². The zero-order valence-electron chi connectivity index (χ0n) is 12.1. The lowest BCUT2D eigenvalue weighted by Gasteiger charge is -2.05. The Morgan fingerprint density at radius 3 is 2.38 bits per heavy atom. The van der Waals surface area contributed by atoms with Gasteiger partial charge < -0.3 is 18.6 Å². The number of methoxy groups -OCH3 is 2. The van der Waals surface area contributed by atoms with E-state index in [1.54, 1.807) is 39.3 Å². The molecule has 2 aromatic rings. The van der Waals surface area contributed by atoms with Gasteiger partial charge >= 0.3 is 5.97 Å². The second-order valence-corrected chi connectivity index (χ2v) is 4.08. The van der Waals surface area contributed by atoms with Crippen molar-refractivity contribution in [3.05, 3.63) is 24.1 Å². The molecule has 0 fully saturated rings. The Morgan fingerprint density at radius 2 is 1.81 bits per heavy atom. The second-order valence-electron chi connectivity index (χ2n) is 4.08. The molecule has 0 amide bonds. The summed E-state index contributed by atoms with van der Waals surface area (Å²) in [4.78, 5) is 11.4. The van der Waals surface area contributed by atoms with E-state index in [-0.39, 0.29) is 18.2 Å². The van der Waals surface area contributed by atoms with Crippen molar-refractivity contribution in [2.24, 2.45) is 0 Å². The molecule has 2 rings (SSSR count). The minimum atomic E-state index is -0.407. The number of nitrogens with zero attached hydrogens (tertiary/aromatic N) is 2. The summed E-state index contributed by atoms with van der Waals surface area (Å²) in [6, 6.07) is 5.22. The van der Waals surface area contributed by atoms with Crippen LogP contribution in [0, 0.1) is 0 Å². The van der Waals surface area contributed by atoms with Gasteiger partial charge in [-0.05, 0) is 19.1 Å². The lowest BCUT2D eigenvalue weighted by Crippen LogP contribution is -2.07. The molecular formula is C14H16N2O5. The number of esters is 1. The lowest BCUT2D eigenvalue weighted by atomic mass is 10.2. The van der Waals surface area contributed by atoms with Crippen LogP contribution in [0.25, 0.3) is 11.5 Å². The van der Waals surface area contributed by atoms with Gasteiger partial charge in [0.1, 0.15) is 17.9 Å². The summed E-state index contributed by atoms with van der Waals surface area (Å²) in [7, 11) is 3.11. The van der Waals surface area contributed by atoms with Gasteiger partial charge in [0.2, 0.25) is 11.8 Å². The van der Waals surface area contributed by atoms with Crippen molar-refractivity contribution in [2.75, 3.05) is 20.8 Å². The molecule has 1 aromatic carbocycles. The van der Waals surface area contributed by atoms with Crippen LogP contribution in [0.1, 0.15) is 12.8 Å². The molecular weight excluding hydrogens is 276 g/mol. The van der Waals surface area contributed by atoms with E-state index in [0.29, 0.717) is 23.7 Å².